The van der Waals surface area contributed by atoms with Gasteiger partial charge in [0.15, 0.2) is 6.10 Å². The van der Waals surface area contributed by atoms with Crippen molar-refractivity contribution in [1.82, 2.24) is 0 Å². The lowest BCUT2D eigenvalue weighted by Gasteiger charge is -2.28. The molecule has 1 aromatic heterocycles. The monoisotopic (exact) mass is 603 g/mol. The molecule has 0 saturated heterocycles. The van der Waals surface area contributed by atoms with E-state index in [-0.39, 0.29) is 12.1 Å². The average Bonchev–Trinajstić information content (AvgIpc) is 3.80. The highest BCUT2D eigenvalue weighted by Crippen LogP contribution is 2.60. The number of para-hydroxylation sites is 2. The lowest BCUT2D eigenvalue weighted by Crippen LogP contribution is -2.20. The van der Waals surface area contributed by atoms with Crippen LogP contribution < -0.4 is 9.64 Å². The van der Waals surface area contributed by atoms with Crippen LogP contribution in [0.4, 0.5) is 11.4 Å². The number of ether oxygens (including phenoxy) is 1. The van der Waals surface area contributed by atoms with Crippen molar-refractivity contribution in [3.8, 4) is 39.1 Å². The van der Waals surface area contributed by atoms with Crippen molar-refractivity contribution in [3.63, 3.8) is 0 Å². The standard InChI is InChI=1S/C44H29NO2/c1-3-12-28(13-4-1)29-22-24-34-35-25-23-30(27-41(35)46-40(34)26-29)32-16-7-8-17-33(32)36-19-11-21-39-42(36)43-44(47-39)37-18-9-10-20-38(37)45(43)31-14-5-2-6-15-31/h1-27,43-44H. The summed E-state index contributed by atoms with van der Waals surface area (Å²) in [5.74, 6) is 0.949. The molecular weight excluding hydrogens is 574 g/mol. The molecule has 0 spiro atoms. The molecule has 0 radical (unpaired) electrons. The lowest BCUT2D eigenvalue weighted by atomic mass is 9.88. The third kappa shape index (κ3) is 4.00. The molecular formula is C44H29NO2. The van der Waals surface area contributed by atoms with Gasteiger partial charge in [-0.15, -0.1) is 0 Å². The van der Waals surface area contributed by atoms with Crippen LogP contribution in [0, 0.1) is 0 Å². The molecule has 7 aromatic carbocycles. The van der Waals surface area contributed by atoms with E-state index in [0.717, 1.165) is 44.5 Å². The maximum absolute atomic E-state index is 6.79. The van der Waals surface area contributed by atoms with Crippen molar-refractivity contribution in [2.45, 2.75) is 12.1 Å². The van der Waals surface area contributed by atoms with Crippen molar-refractivity contribution in [3.05, 3.63) is 175 Å². The van der Waals surface area contributed by atoms with Gasteiger partial charge in [-0.2, -0.15) is 0 Å². The van der Waals surface area contributed by atoms with Crippen molar-refractivity contribution in [2.75, 3.05) is 4.90 Å². The average molecular weight is 604 g/mol. The van der Waals surface area contributed by atoms with Gasteiger partial charge in [-0.3, -0.25) is 0 Å². The molecule has 0 N–H and O–H groups in total. The Hall–Kier alpha value is -6.06. The third-order valence-corrected chi connectivity index (χ3v) is 9.83. The van der Waals surface area contributed by atoms with Crippen molar-refractivity contribution < 1.29 is 9.15 Å². The zero-order chi connectivity index (χ0) is 30.9. The Balaban J connectivity index is 1.11. The van der Waals surface area contributed by atoms with E-state index in [0.29, 0.717) is 0 Å². The molecule has 10 rings (SSSR count). The van der Waals surface area contributed by atoms with Gasteiger partial charge in [0, 0.05) is 33.3 Å². The van der Waals surface area contributed by atoms with Gasteiger partial charge in [0.05, 0.1) is 0 Å². The predicted molar refractivity (Wildman–Crippen MR) is 191 cm³/mol. The number of fused-ring (bicyclic) bond motifs is 8. The molecule has 3 nitrogen and oxygen atoms in total. The topological polar surface area (TPSA) is 25.6 Å². The molecule has 47 heavy (non-hydrogen) atoms. The molecule has 0 bridgehead atoms. The fourth-order valence-corrected chi connectivity index (χ4v) is 7.75. The van der Waals surface area contributed by atoms with Crippen molar-refractivity contribution in [1.29, 1.82) is 0 Å². The van der Waals surface area contributed by atoms with E-state index >= 15 is 0 Å². The van der Waals surface area contributed by atoms with E-state index in [1.165, 1.54) is 39.1 Å². The highest BCUT2D eigenvalue weighted by atomic mass is 16.5. The van der Waals surface area contributed by atoms with Gasteiger partial charge in [-0.25, -0.2) is 0 Å². The van der Waals surface area contributed by atoms with Crippen LogP contribution in [0.5, 0.6) is 5.75 Å². The molecule has 0 saturated carbocycles. The molecule has 222 valence electrons. The van der Waals surface area contributed by atoms with Crippen molar-refractivity contribution >= 4 is 33.3 Å². The van der Waals surface area contributed by atoms with E-state index in [2.05, 4.69) is 163 Å². The first-order valence-corrected chi connectivity index (χ1v) is 16.2. The van der Waals surface area contributed by atoms with E-state index in [1.807, 2.05) is 6.07 Å². The van der Waals surface area contributed by atoms with Crippen LogP contribution in [-0.2, 0) is 0 Å². The minimum atomic E-state index is -0.0811. The number of nitrogens with zero attached hydrogens (tertiary/aromatic N) is 1. The van der Waals surface area contributed by atoms with E-state index in [4.69, 9.17) is 9.15 Å². The van der Waals surface area contributed by atoms with Crippen LogP contribution in [0.25, 0.3) is 55.3 Å². The number of benzene rings is 7. The minimum Gasteiger partial charge on any atom is -0.483 e. The second-order valence-corrected chi connectivity index (χ2v) is 12.4. The Bertz CT molecular complexity index is 2460. The smallest absolute Gasteiger partial charge is 0.151 e. The summed E-state index contributed by atoms with van der Waals surface area (Å²) in [5, 5.41) is 2.25. The summed E-state index contributed by atoms with van der Waals surface area (Å²) in [6, 6.07) is 58.2. The predicted octanol–water partition coefficient (Wildman–Crippen LogP) is 11.9. The molecule has 8 aromatic rings. The molecule has 0 aliphatic carbocycles. The molecule has 3 heteroatoms. The quantitative estimate of drug-likeness (QED) is 0.200. The Morgan fingerprint density at radius 1 is 0.468 bits per heavy atom. The fraction of sp³-hybridized carbons (Fsp3) is 0.0455. The number of hydrogen-bond acceptors (Lipinski definition) is 3. The van der Waals surface area contributed by atoms with Crippen LogP contribution in [0.2, 0.25) is 0 Å². The summed E-state index contributed by atoms with van der Waals surface area (Å²) >= 11 is 0. The summed E-state index contributed by atoms with van der Waals surface area (Å²) in [7, 11) is 0. The molecule has 0 amide bonds. The molecule has 2 unspecified atom stereocenters. The van der Waals surface area contributed by atoms with Gasteiger partial charge in [-0.1, -0.05) is 115 Å². The highest BCUT2D eigenvalue weighted by molar-refractivity contribution is 6.07. The van der Waals surface area contributed by atoms with Crippen LogP contribution in [0.3, 0.4) is 0 Å². The molecule has 3 heterocycles. The SMILES string of the molecule is c1ccc(-c2ccc3c(c2)oc2cc(-c4ccccc4-c4cccc5c4C4C(O5)c5ccccc5N4c4ccccc4)ccc23)cc1. The van der Waals surface area contributed by atoms with Gasteiger partial charge < -0.3 is 14.1 Å². The van der Waals surface area contributed by atoms with Crippen LogP contribution in [0.1, 0.15) is 23.3 Å². The number of anilines is 2. The van der Waals surface area contributed by atoms with Crippen LogP contribution in [0.15, 0.2) is 168 Å². The first-order valence-electron chi connectivity index (χ1n) is 16.2. The fourth-order valence-electron chi connectivity index (χ4n) is 7.75. The molecule has 2 atom stereocenters. The molecule has 2 aliphatic heterocycles. The van der Waals surface area contributed by atoms with E-state index < -0.39 is 0 Å². The molecule has 0 fully saturated rings. The number of furan rings is 1. The molecule has 2 aliphatic rings. The Kier molecular flexibility index (Phi) is 5.70. The number of rotatable bonds is 4. The van der Waals surface area contributed by atoms with Gasteiger partial charge in [0.25, 0.3) is 0 Å². The number of hydrogen-bond donors (Lipinski definition) is 0. The summed E-state index contributed by atoms with van der Waals surface area (Å²) in [5.41, 5.74) is 13.6. The summed E-state index contributed by atoms with van der Waals surface area (Å²) in [6.07, 6.45) is -0.0811. The lowest BCUT2D eigenvalue weighted by molar-refractivity contribution is 0.223. The first kappa shape index (κ1) is 26.2. The summed E-state index contributed by atoms with van der Waals surface area (Å²) in [4.78, 5) is 2.46. The van der Waals surface area contributed by atoms with Gasteiger partial charge in [0.1, 0.15) is 23.0 Å². The summed E-state index contributed by atoms with van der Waals surface area (Å²) in [6.45, 7) is 0. The second-order valence-electron chi connectivity index (χ2n) is 12.4. The third-order valence-electron chi connectivity index (χ3n) is 9.83. The maximum Gasteiger partial charge on any atom is 0.151 e. The highest BCUT2D eigenvalue weighted by Gasteiger charge is 2.48. The minimum absolute atomic E-state index is 0.0192. The largest absolute Gasteiger partial charge is 0.483 e. The van der Waals surface area contributed by atoms with Gasteiger partial charge >= 0.3 is 0 Å². The van der Waals surface area contributed by atoms with Crippen LogP contribution in [-0.4, -0.2) is 0 Å². The Morgan fingerprint density at radius 2 is 1.11 bits per heavy atom. The Morgan fingerprint density at radius 3 is 1.91 bits per heavy atom. The Labute approximate surface area is 272 Å². The summed E-state index contributed by atoms with van der Waals surface area (Å²) < 4.78 is 13.3. The second kappa shape index (κ2) is 10.2. The first-order chi connectivity index (χ1) is 23.3. The van der Waals surface area contributed by atoms with E-state index in [1.54, 1.807) is 0 Å². The zero-order valence-electron chi connectivity index (χ0n) is 25.5. The van der Waals surface area contributed by atoms with Crippen molar-refractivity contribution in [2.24, 2.45) is 0 Å². The van der Waals surface area contributed by atoms with Gasteiger partial charge in [-0.05, 0) is 81.9 Å². The maximum atomic E-state index is 6.79. The van der Waals surface area contributed by atoms with Crippen LogP contribution >= 0.6 is 0 Å². The normalized spacial score (nSPS) is 16.2. The van der Waals surface area contributed by atoms with E-state index in [9.17, 15) is 0 Å². The van der Waals surface area contributed by atoms with Gasteiger partial charge in [0.2, 0.25) is 0 Å². The zero-order valence-corrected chi connectivity index (χ0v) is 25.5.